The lowest BCUT2D eigenvalue weighted by atomic mass is 10.4. The van der Waals surface area contributed by atoms with Crippen molar-refractivity contribution >= 4 is 28.8 Å². The highest BCUT2D eigenvalue weighted by Crippen LogP contribution is 2.31. The van der Waals surface area contributed by atoms with Crippen LogP contribution in [0.3, 0.4) is 0 Å². The van der Waals surface area contributed by atoms with Gasteiger partial charge in [0.25, 0.3) is 0 Å². The quantitative estimate of drug-likeness (QED) is 0.729. The van der Waals surface area contributed by atoms with Gasteiger partial charge < -0.3 is 9.52 Å². The third-order valence-corrected chi connectivity index (χ3v) is 3.42. The summed E-state index contributed by atoms with van der Waals surface area (Å²) in [5.74, 6) is -1.19. The van der Waals surface area contributed by atoms with Crippen LogP contribution in [0.1, 0.15) is 10.6 Å². The molecule has 0 unspecified atom stereocenters. The number of carbonyl (C=O) groups is 1. The van der Waals surface area contributed by atoms with Crippen LogP contribution in [0.15, 0.2) is 39.2 Å². The summed E-state index contributed by atoms with van der Waals surface area (Å²) >= 11 is 1.23. The van der Waals surface area contributed by atoms with Gasteiger partial charge in [0.1, 0.15) is 11.4 Å². The van der Waals surface area contributed by atoms with Crippen LogP contribution in [0.2, 0.25) is 0 Å². The molecular formula is C11H8N4O3S. The molecule has 96 valence electrons. The number of aromatic nitrogens is 4. The Morgan fingerprint density at radius 1 is 1.42 bits per heavy atom. The van der Waals surface area contributed by atoms with Gasteiger partial charge in [-0.3, -0.25) is 4.68 Å². The molecule has 0 fully saturated rings. The number of hydrogen-bond donors (Lipinski definition) is 1. The maximum absolute atomic E-state index is 10.7. The molecule has 0 saturated heterocycles. The van der Waals surface area contributed by atoms with E-state index in [0.717, 1.165) is 5.39 Å². The first kappa shape index (κ1) is 11.7. The second-order valence-corrected chi connectivity index (χ2v) is 4.70. The van der Waals surface area contributed by atoms with Gasteiger partial charge in [-0.25, -0.2) is 14.8 Å². The van der Waals surface area contributed by atoms with Crippen molar-refractivity contribution in [3.8, 4) is 0 Å². The Kier molecular flexibility index (Phi) is 2.71. The zero-order valence-corrected chi connectivity index (χ0v) is 10.6. The fourth-order valence-electron chi connectivity index (χ4n) is 1.61. The van der Waals surface area contributed by atoms with Gasteiger partial charge in [-0.15, -0.1) is 0 Å². The monoisotopic (exact) mass is 276 g/mol. The molecule has 0 aliphatic rings. The number of rotatable bonds is 3. The number of furan rings is 1. The van der Waals surface area contributed by atoms with Crippen LogP contribution >= 0.6 is 11.8 Å². The second-order valence-electron chi connectivity index (χ2n) is 3.71. The highest BCUT2D eigenvalue weighted by atomic mass is 32.2. The number of aryl methyl sites for hydroxylation is 1. The average molecular weight is 276 g/mol. The number of fused-ring (bicyclic) bond motifs is 1. The van der Waals surface area contributed by atoms with Crippen molar-refractivity contribution in [2.75, 3.05) is 0 Å². The first-order valence-corrected chi connectivity index (χ1v) is 6.10. The number of aromatic carboxylic acids is 1. The van der Waals surface area contributed by atoms with Crippen LogP contribution in [-0.4, -0.2) is 30.8 Å². The predicted molar refractivity (Wildman–Crippen MR) is 66.1 cm³/mol. The SMILES string of the molecule is Cn1ncc2c(Sc3ccc(C(=O)O)o3)ncnc21. The van der Waals surface area contributed by atoms with E-state index in [9.17, 15) is 4.79 Å². The zero-order valence-electron chi connectivity index (χ0n) is 9.77. The van der Waals surface area contributed by atoms with Crippen molar-refractivity contribution in [1.82, 2.24) is 19.7 Å². The van der Waals surface area contributed by atoms with E-state index >= 15 is 0 Å². The lowest BCUT2D eigenvalue weighted by Crippen LogP contribution is -1.92. The van der Waals surface area contributed by atoms with E-state index < -0.39 is 5.97 Å². The minimum atomic E-state index is -1.10. The second kappa shape index (κ2) is 4.39. The molecular weight excluding hydrogens is 268 g/mol. The molecule has 3 aromatic heterocycles. The summed E-state index contributed by atoms with van der Waals surface area (Å²) in [6.45, 7) is 0. The standard InChI is InChI=1S/C11H8N4O3S/c1-15-9-6(4-14-15)10(13-5-12-9)19-8-3-2-7(18-8)11(16)17/h2-5H,1H3,(H,16,17). The minimum Gasteiger partial charge on any atom is -0.475 e. The molecule has 3 rings (SSSR count). The van der Waals surface area contributed by atoms with Gasteiger partial charge in [0, 0.05) is 7.05 Å². The Morgan fingerprint density at radius 3 is 3.00 bits per heavy atom. The van der Waals surface area contributed by atoms with Crippen molar-refractivity contribution < 1.29 is 14.3 Å². The molecule has 0 bridgehead atoms. The van der Waals surface area contributed by atoms with Crippen molar-refractivity contribution in [3.63, 3.8) is 0 Å². The minimum absolute atomic E-state index is 0.0982. The van der Waals surface area contributed by atoms with Crippen molar-refractivity contribution in [2.24, 2.45) is 7.05 Å². The summed E-state index contributed by atoms with van der Waals surface area (Å²) in [4.78, 5) is 19.0. The van der Waals surface area contributed by atoms with Gasteiger partial charge in [-0.2, -0.15) is 5.10 Å². The Bertz CT molecular complexity index is 764. The summed E-state index contributed by atoms with van der Waals surface area (Å²) < 4.78 is 6.83. The number of nitrogens with zero attached hydrogens (tertiary/aromatic N) is 4. The Morgan fingerprint density at radius 2 is 2.26 bits per heavy atom. The third kappa shape index (κ3) is 2.06. The summed E-state index contributed by atoms with van der Waals surface area (Å²) in [5.41, 5.74) is 0.711. The molecule has 1 N–H and O–H groups in total. The lowest BCUT2D eigenvalue weighted by Gasteiger charge is -1.98. The lowest BCUT2D eigenvalue weighted by molar-refractivity contribution is 0.0656. The van der Waals surface area contributed by atoms with Gasteiger partial charge in [0.05, 0.1) is 11.6 Å². The fourth-order valence-corrected chi connectivity index (χ4v) is 2.42. The highest BCUT2D eigenvalue weighted by molar-refractivity contribution is 7.99. The van der Waals surface area contributed by atoms with Crippen LogP contribution in [0, 0.1) is 0 Å². The van der Waals surface area contributed by atoms with Crippen molar-refractivity contribution in [3.05, 3.63) is 30.4 Å². The van der Waals surface area contributed by atoms with E-state index in [1.54, 1.807) is 24.0 Å². The summed E-state index contributed by atoms with van der Waals surface area (Å²) in [6.07, 6.45) is 3.10. The first-order chi connectivity index (χ1) is 9.15. The number of carboxylic acid groups (broad SMARTS) is 1. The zero-order chi connectivity index (χ0) is 13.4. The van der Waals surface area contributed by atoms with E-state index in [1.807, 2.05) is 0 Å². The molecule has 0 spiro atoms. The van der Waals surface area contributed by atoms with Gasteiger partial charge in [0.2, 0.25) is 5.76 Å². The maximum atomic E-state index is 10.7. The molecule has 19 heavy (non-hydrogen) atoms. The summed E-state index contributed by atoms with van der Waals surface area (Å²) in [7, 11) is 1.79. The molecule has 3 aromatic rings. The van der Waals surface area contributed by atoms with Gasteiger partial charge in [-0.1, -0.05) is 0 Å². The van der Waals surface area contributed by atoms with E-state index in [2.05, 4.69) is 15.1 Å². The van der Waals surface area contributed by atoms with E-state index in [4.69, 9.17) is 9.52 Å². The normalized spacial score (nSPS) is 11.0. The molecule has 0 aliphatic heterocycles. The van der Waals surface area contributed by atoms with Gasteiger partial charge >= 0.3 is 5.97 Å². The van der Waals surface area contributed by atoms with E-state index in [1.165, 1.54) is 24.2 Å². The third-order valence-electron chi connectivity index (χ3n) is 2.48. The number of carboxylic acids is 1. The first-order valence-electron chi connectivity index (χ1n) is 5.29. The van der Waals surface area contributed by atoms with E-state index in [0.29, 0.717) is 15.8 Å². The molecule has 0 amide bonds. The average Bonchev–Trinajstić information content (AvgIpc) is 2.98. The largest absolute Gasteiger partial charge is 0.475 e. The van der Waals surface area contributed by atoms with E-state index in [-0.39, 0.29) is 5.76 Å². The predicted octanol–water partition coefficient (Wildman–Crippen LogP) is 1.81. The van der Waals surface area contributed by atoms with Gasteiger partial charge in [-0.05, 0) is 23.9 Å². The Labute approximate surface area is 111 Å². The van der Waals surface area contributed by atoms with Crippen molar-refractivity contribution in [1.29, 1.82) is 0 Å². The Hall–Kier alpha value is -2.35. The molecule has 8 heteroatoms. The summed E-state index contributed by atoms with van der Waals surface area (Å²) in [5, 5.41) is 14.8. The summed E-state index contributed by atoms with van der Waals surface area (Å²) in [6, 6.07) is 3.00. The molecule has 0 atom stereocenters. The molecule has 3 heterocycles. The van der Waals surface area contributed by atoms with Crippen LogP contribution < -0.4 is 0 Å². The van der Waals surface area contributed by atoms with Crippen LogP contribution in [0.25, 0.3) is 11.0 Å². The number of hydrogen-bond acceptors (Lipinski definition) is 6. The Balaban J connectivity index is 1.98. The topological polar surface area (TPSA) is 94.0 Å². The van der Waals surface area contributed by atoms with Crippen molar-refractivity contribution in [2.45, 2.75) is 10.1 Å². The molecule has 0 aromatic carbocycles. The molecule has 0 saturated carbocycles. The molecule has 0 aliphatic carbocycles. The fraction of sp³-hybridized carbons (Fsp3) is 0.0909. The van der Waals surface area contributed by atoms with Crippen LogP contribution in [0.4, 0.5) is 0 Å². The molecule has 7 nitrogen and oxygen atoms in total. The van der Waals surface area contributed by atoms with Crippen LogP contribution in [0.5, 0.6) is 0 Å². The van der Waals surface area contributed by atoms with Gasteiger partial charge in [0.15, 0.2) is 10.7 Å². The van der Waals surface area contributed by atoms with Crippen LogP contribution in [-0.2, 0) is 7.05 Å². The smallest absolute Gasteiger partial charge is 0.371 e. The molecule has 0 radical (unpaired) electrons. The maximum Gasteiger partial charge on any atom is 0.371 e. The highest BCUT2D eigenvalue weighted by Gasteiger charge is 2.13.